The predicted molar refractivity (Wildman–Crippen MR) is 87.0 cm³/mol. The molecule has 3 rings (SSSR count). The summed E-state index contributed by atoms with van der Waals surface area (Å²) in [6.07, 6.45) is 4.64. The quantitative estimate of drug-likeness (QED) is 0.798. The van der Waals surface area contributed by atoms with Crippen molar-refractivity contribution in [3.63, 3.8) is 0 Å². The van der Waals surface area contributed by atoms with E-state index in [1.807, 2.05) is 13.0 Å². The number of aryl methyl sites for hydroxylation is 2. The van der Waals surface area contributed by atoms with Crippen LogP contribution in [0.3, 0.4) is 0 Å². The normalized spacial score (nSPS) is 17.1. The molecule has 1 saturated heterocycles. The van der Waals surface area contributed by atoms with Crippen LogP contribution in [0.1, 0.15) is 18.5 Å². The zero-order chi connectivity index (χ0) is 17.2. The van der Waals surface area contributed by atoms with Crippen LogP contribution in [0.5, 0.6) is 5.88 Å². The Kier molecular flexibility index (Phi) is 4.81. The lowest BCUT2D eigenvalue weighted by molar-refractivity contribution is 0.179. The highest BCUT2D eigenvalue weighted by atomic mass is 32.2. The minimum atomic E-state index is -3.52. The smallest absolute Gasteiger partial charge is 0.276 e. The molecular weight excluding hydrogens is 330 g/mol. The minimum Gasteiger partial charge on any atom is -0.476 e. The van der Waals surface area contributed by atoms with Crippen LogP contribution < -0.4 is 4.74 Å². The lowest BCUT2D eigenvalue weighted by Gasteiger charge is -2.30. The molecule has 2 aromatic heterocycles. The number of imidazole rings is 1. The standard InChI is InChI=1S/C15H21N5O3S/c1-12-3-4-14(18-17-12)23-11-13-5-8-20(9-6-13)24(21,22)15-16-7-10-19(15)2/h3-4,7,10,13H,5-6,8-9,11H2,1-2H3. The summed E-state index contributed by atoms with van der Waals surface area (Å²) in [4.78, 5) is 3.96. The Morgan fingerprint density at radius 3 is 2.58 bits per heavy atom. The molecule has 2 aromatic rings. The van der Waals surface area contributed by atoms with Gasteiger partial charge in [0.1, 0.15) is 0 Å². The molecule has 1 fully saturated rings. The Morgan fingerprint density at radius 2 is 2.00 bits per heavy atom. The van der Waals surface area contributed by atoms with Crippen LogP contribution in [0.25, 0.3) is 0 Å². The number of sulfonamides is 1. The van der Waals surface area contributed by atoms with Crippen molar-refractivity contribution in [2.24, 2.45) is 13.0 Å². The van der Waals surface area contributed by atoms with E-state index in [0.717, 1.165) is 18.5 Å². The lowest BCUT2D eigenvalue weighted by atomic mass is 9.99. The van der Waals surface area contributed by atoms with Gasteiger partial charge in [0.05, 0.1) is 12.3 Å². The second-order valence-corrected chi connectivity index (χ2v) is 7.82. The van der Waals surface area contributed by atoms with Crippen molar-refractivity contribution in [2.75, 3.05) is 19.7 Å². The summed E-state index contributed by atoms with van der Waals surface area (Å²) >= 11 is 0. The molecule has 9 heteroatoms. The van der Waals surface area contributed by atoms with Gasteiger partial charge in [-0.3, -0.25) is 0 Å². The molecule has 0 saturated carbocycles. The SMILES string of the molecule is Cc1ccc(OCC2CCN(S(=O)(=O)c3nccn3C)CC2)nn1. The zero-order valence-corrected chi connectivity index (χ0v) is 14.6. The highest BCUT2D eigenvalue weighted by Crippen LogP contribution is 2.23. The zero-order valence-electron chi connectivity index (χ0n) is 13.8. The maximum Gasteiger partial charge on any atom is 0.276 e. The largest absolute Gasteiger partial charge is 0.476 e. The number of nitrogens with zero attached hydrogens (tertiary/aromatic N) is 5. The fraction of sp³-hybridized carbons (Fsp3) is 0.533. The molecule has 0 atom stereocenters. The Balaban J connectivity index is 1.54. The summed E-state index contributed by atoms with van der Waals surface area (Å²) < 4.78 is 33.8. The lowest BCUT2D eigenvalue weighted by Crippen LogP contribution is -2.40. The first-order valence-electron chi connectivity index (χ1n) is 7.87. The van der Waals surface area contributed by atoms with Crippen molar-refractivity contribution in [1.82, 2.24) is 24.1 Å². The first-order chi connectivity index (χ1) is 11.5. The van der Waals surface area contributed by atoms with E-state index in [0.29, 0.717) is 31.5 Å². The summed E-state index contributed by atoms with van der Waals surface area (Å²) in [5.41, 5.74) is 0.843. The first kappa shape index (κ1) is 16.8. The van der Waals surface area contributed by atoms with E-state index in [2.05, 4.69) is 15.2 Å². The van der Waals surface area contributed by atoms with Gasteiger partial charge in [-0.15, -0.1) is 5.10 Å². The number of aromatic nitrogens is 4. The van der Waals surface area contributed by atoms with E-state index in [9.17, 15) is 8.42 Å². The van der Waals surface area contributed by atoms with E-state index < -0.39 is 10.0 Å². The summed E-state index contributed by atoms with van der Waals surface area (Å²) in [6.45, 7) is 3.34. The molecule has 0 aromatic carbocycles. The van der Waals surface area contributed by atoms with E-state index in [1.54, 1.807) is 19.3 Å². The molecule has 8 nitrogen and oxygen atoms in total. The first-order valence-corrected chi connectivity index (χ1v) is 9.31. The van der Waals surface area contributed by atoms with Gasteiger partial charge in [-0.05, 0) is 31.7 Å². The van der Waals surface area contributed by atoms with Gasteiger partial charge < -0.3 is 9.30 Å². The van der Waals surface area contributed by atoms with E-state index in [4.69, 9.17) is 4.74 Å². The van der Waals surface area contributed by atoms with Crippen molar-refractivity contribution in [3.8, 4) is 5.88 Å². The van der Waals surface area contributed by atoms with E-state index >= 15 is 0 Å². The van der Waals surface area contributed by atoms with Crippen LogP contribution in [0.4, 0.5) is 0 Å². The van der Waals surface area contributed by atoms with Crippen LogP contribution in [0, 0.1) is 12.8 Å². The average Bonchev–Trinajstić information content (AvgIpc) is 3.02. The maximum absolute atomic E-state index is 12.6. The Bertz CT molecular complexity index is 780. The predicted octanol–water partition coefficient (Wildman–Crippen LogP) is 0.998. The summed E-state index contributed by atoms with van der Waals surface area (Å²) in [6, 6.07) is 3.65. The molecule has 0 aliphatic carbocycles. The van der Waals surface area contributed by atoms with Crippen molar-refractivity contribution >= 4 is 10.0 Å². The number of hydrogen-bond acceptors (Lipinski definition) is 6. The van der Waals surface area contributed by atoms with Gasteiger partial charge in [0.2, 0.25) is 11.0 Å². The molecule has 130 valence electrons. The molecule has 24 heavy (non-hydrogen) atoms. The molecular formula is C15H21N5O3S. The van der Waals surface area contributed by atoms with Crippen molar-refractivity contribution in [3.05, 3.63) is 30.2 Å². The van der Waals surface area contributed by atoms with Gasteiger partial charge in [-0.1, -0.05) is 0 Å². The molecule has 3 heterocycles. The van der Waals surface area contributed by atoms with Crippen molar-refractivity contribution in [2.45, 2.75) is 24.9 Å². The molecule has 1 aliphatic heterocycles. The van der Waals surface area contributed by atoms with E-state index in [1.165, 1.54) is 15.1 Å². The molecule has 0 radical (unpaired) electrons. The second-order valence-electron chi connectivity index (χ2n) is 5.99. The molecule has 0 amide bonds. The second kappa shape index (κ2) is 6.86. The summed E-state index contributed by atoms with van der Waals surface area (Å²) in [7, 11) is -1.84. The number of ether oxygens (including phenoxy) is 1. The molecule has 0 N–H and O–H groups in total. The highest BCUT2D eigenvalue weighted by molar-refractivity contribution is 7.89. The molecule has 0 bridgehead atoms. The average molecular weight is 351 g/mol. The van der Waals surface area contributed by atoms with Gasteiger partial charge in [0.25, 0.3) is 10.0 Å². The Morgan fingerprint density at radius 1 is 1.25 bits per heavy atom. The Hall–Kier alpha value is -2.00. The third-order valence-electron chi connectivity index (χ3n) is 4.16. The van der Waals surface area contributed by atoms with Crippen LogP contribution in [-0.4, -0.2) is 52.2 Å². The fourth-order valence-electron chi connectivity index (χ4n) is 2.70. The van der Waals surface area contributed by atoms with Gasteiger partial charge in [-0.2, -0.15) is 9.40 Å². The maximum atomic E-state index is 12.6. The van der Waals surface area contributed by atoms with Crippen LogP contribution in [0.2, 0.25) is 0 Å². The van der Waals surface area contributed by atoms with Crippen LogP contribution in [-0.2, 0) is 17.1 Å². The van der Waals surface area contributed by atoms with E-state index in [-0.39, 0.29) is 5.16 Å². The minimum absolute atomic E-state index is 0.0899. The monoisotopic (exact) mass is 351 g/mol. The fourth-order valence-corrected chi connectivity index (χ4v) is 4.24. The highest BCUT2D eigenvalue weighted by Gasteiger charge is 2.32. The third kappa shape index (κ3) is 3.57. The van der Waals surface area contributed by atoms with Gasteiger partial charge in [0.15, 0.2) is 0 Å². The number of piperidine rings is 1. The van der Waals surface area contributed by atoms with Crippen molar-refractivity contribution < 1.29 is 13.2 Å². The molecule has 0 unspecified atom stereocenters. The Labute approximate surface area is 141 Å². The van der Waals surface area contributed by atoms with Gasteiger partial charge >= 0.3 is 0 Å². The summed E-state index contributed by atoms with van der Waals surface area (Å²) in [5.74, 6) is 0.810. The molecule has 1 aliphatic rings. The topological polar surface area (TPSA) is 90.2 Å². The van der Waals surface area contributed by atoms with Crippen LogP contribution in [0.15, 0.2) is 29.7 Å². The van der Waals surface area contributed by atoms with Crippen LogP contribution >= 0.6 is 0 Å². The van der Waals surface area contributed by atoms with Gasteiger partial charge in [-0.25, -0.2) is 13.4 Å². The van der Waals surface area contributed by atoms with Gasteiger partial charge in [0, 0.05) is 38.6 Å². The molecule has 0 spiro atoms. The number of hydrogen-bond donors (Lipinski definition) is 0. The number of rotatable bonds is 5. The van der Waals surface area contributed by atoms with Crippen molar-refractivity contribution in [1.29, 1.82) is 0 Å². The third-order valence-corrected chi connectivity index (χ3v) is 6.06. The summed E-state index contributed by atoms with van der Waals surface area (Å²) in [5, 5.41) is 8.01.